The SMILES string of the molecule is O=S(=O)(c1ccc(Cl)c(C(F)(F)F)c1)N1CCN(Cc2ccco2)CC1. The van der Waals surface area contributed by atoms with Crippen LogP contribution in [0.5, 0.6) is 0 Å². The van der Waals surface area contributed by atoms with E-state index in [2.05, 4.69) is 0 Å². The minimum Gasteiger partial charge on any atom is -0.468 e. The van der Waals surface area contributed by atoms with Crippen LogP contribution in [0, 0.1) is 0 Å². The van der Waals surface area contributed by atoms with Crippen molar-refractivity contribution >= 4 is 21.6 Å². The topological polar surface area (TPSA) is 53.8 Å². The maximum atomic E-state index is 13.0. The van der Waals surface area contributed by atoms with E-state index < -0.39 is 31.7 Å². The average molecular weight is 409 g/mol. The van der Waals surface area contributed by atoms with Crippen molar-refractivity contribution in [1.82, 2.24) is 9.21 Å². The van der Waals surface area contributed by atoms with Gasteiger partial charge in [0.05, 0.1) is 28.3 Å². The van der Waals surface area contributed by atoms with Gasteiger partial charge in [0.25, 0.3) is 0 Å². The van der Waals surface area contributed by atoms with E-state index in [9.17, 15) is 21.6 Å². The Kier molecular flexibility index (Phi) is 5.34. The lowest BCUT2D eigenvalue weighted by molar-refractivity contribution is -0.137. The first kappa shape index (κ1) is 19.2. The van der Waals surface area contributed by atoms with Crippen LogP contribution >= 0.6 is 11.6 Å². The summed E-state index contributed by atoms with van der Waals surface area (Å²) in [6, 6.07) is 6.25. The molecule has 1 aliphatic heterocycles. The molecule has 0 N–H and O–H groups in total. The Labute approximate surface area is 154 Å². The molecule has 142 valence electrons. The molecule has 1 fully saturated rings. The van der Waals surface area contributed by atoms with Gasteiger partial charge in [-0.05, 0) is 30.3 Å². The van der Waals surface area contributed by atoms with Crippen LogP contribution < -0.4 is 0 Å². The Morgan fingerprint density at radius 2 is 1.81 bits per heavy atom. The van der Waals surface area contributed by atoms with E-state index in [0.717, 1.165) is 17.9 Å². The van der Waals surface area contributed by atoms with Gasteiger partial charge in [0.15, 0.2) is 0 Å². The van der Waals surface area contributed by atoms with Crippen molar-refractivity contribution in [2.24, 2.45) is 0 Å². The van der Waals surface area contributed by atoms with E-state index in [1.54, 1.807) is 12.3 Å². The van der Waals surface area contributed by atoms with Gasteiger partial charge in [-0.1, -0.05) is 11.6 Å². The van der Waals surface area contributed by atoms with Gasteiger partial charge in [-0.2, -0.15) is 17.5 Å². The van der Waals surface area contributed by atoms with Gasteiger partial charge in [0.1, 0.15) is 5.76 Å². The Balaban J connectivity index is 1.73. The zero-order valence-corrected chi connectivity index (χ0v) is 15.1. The fourth-order valence-corrected chi connectivity index (χ4v) is 4.46. The van der Waals surface area contributed by atoms with Crippen LogP contribution in [-0.4, -0.2) is 43.8 Å². The largest absolute Gasteiger partial charge is 0.468 e. The first-order valence-corrected chi connectivity index (χ1v) is 9.61. The predicted octanol–water partition coefficient (Wildman–Crippen LogP) is 3.46. The molecule has 2 heterocycles. The Hall–Kier alpha value is -1.55. The molecule has 0 spiro atoms. The number of rotatable bonds is 4. The minimum atomic E-state index is -4.72. The number of hydrogen-bond acceptors (Lipinski definition) is 4. The van der Waals surface area contributed by atoms with Gasteiger partial charge in [0, 0.05) is 26.2 Å². The van der Waals surface area contributed by atoms with E-state index in [1.807, 2.05) is 11.0 Å². The van der Waals surface area contributed by atoms with Gasteiger partial charge < -0.3 is 4.42 Å². The third-order valence-electron chi connectivity index (χ3n) is 4.17. The average Bonchev–Trinajstić information content (AvgIpc) is 3.07. The van der Waals surface area contributed by atoms with Gasteiger partial charge in [-0.3, -0.25) is 4.90 Å². The highest BCUT2D eigenvalue weighted by atomic mass is 35.5. The lowest BCUT2D eigenvalue weighted by atomic mass is 10.2. The van der Waals surface area contributed by atoms with E-state index in [1.165, 1.54) is 4.31 Å². The number of alkyl halides is 3. The molecule has 1 aromatic carbocycles. The number of nitrogens with zero attached hydrogens (tertiary/aromatic N) is 2. The predicted molar refractivity (Wildman–Crippen MR) is 89.2 cm³/mol. The molecular formula is C16H16ClF3N2O3S. The number of furan rings is 1. The second-order valence-electron chi connectivity index (χ2n) is 5.90. The highest BCUT2D eigenvalue weighted by Crippen LogP contribution is 2.36. The first-order valence-electron chi connectivity index (χ1n) is 7.79. The van der Waals surface area contributed by atoms with Crippen LogP contribution in [0.4, 0.5) is 13.2 Å². The van der Waals surface area contributed by atoms with Crippen LogP contribution in [0.2, 0.25) is 5.02 Å². The Morgan fingerprint density at radius 3 is 2.38 bits per heavy atom. The molecule has 2 aromatic rings. The molecule has 1 saturated heterocycles. The second kappa shape index (κ2) is 7.22. The van der Waals surface area contributed by atoms with Crippen molar-refractivity contribution in [3.8, 4) is 0 Å². The maximum absolute atomic E-state index is 13.0. The highest BCUT2D eigenvalue weighted by molar-refractivity contribution is 7.89. The monoisotopic (exact) mass is 408 g/mol. The Morgan fingerprint density at radius 1 is 1.12 bits per heavy atom. The molecule has 0 amide bonds. The normalized spacial score (nSPS) is 17.5. The Bertz CT molecular complexity index is 861. The number of piperazine rings is 1. The van der Waals surface area contributed by atoms with Crippen molar-refractivity contribution in [3.05, 3.63) is 52.9 Å². The fourth-order valence-electron chi connectivity index (χ4n) is 2.78. The number of benzene rings is 1. The molecule has 10 heteroatoms. The van der Waals surface area contributed by atoms with Crippen molar-refractivity contribution < 1.29 is 26.0 Å². The summed E-state index contributed by atoms with van der Waals surface area (Å²) in [4.78, 5) is 1.61. The van der Waals surface area contributed by atoms with Crippen LogP contribution in [0.3, 0.4) is 0 Å². The van der Waals surface area contributed by atoms with Crippen LogP contribution in [0.25, 0.3) is 0 Å². The minimum absolute atomic E-state index is 0.188. The summed E-state index contributed by atoms with van der Waals surface area (Å²) < 4.78 is 70.8. The molecule has 26 heavy (non-hydrogen) atoms. The van der Waals surface area contributed by atoms with Crippen molar-refractivity contribution in [2.45, 2.75) is 17.6 Å². The smallest absolute Gasteiger partial charge is 0.417 e. The van der Waals surface area contributed by atoms with Crippen LogP contribution in [0.15, 0.2) is 45.9 Å². The summed E-state index contributed by atoms with van der Waals surface area (Å²) in [6.07, 6.45) is -3.15. The summed E-state index contributed by atoms with van der Waals surface area (Å²) in [5, 5.41) is -0.528. The molecule has 1 aliphatic rings. The van der Waals surface area contributed by atoms with E-state index in [4.69, 9.17) is 16.0 Å². The standard InChI is InChI=1S/C16H16ClF3N2O3S/c17-15-4-3-13(10-14(15)16(18,19)20)26(23,24)22-7-5-21(6-8-22)11-12-2-1-9-25-12/h1-4,9-10H,5-8,11H2. The molecule has 0 unspecified atom stereocenters. The highest BCUT2D eigenvalue weighted by Gasteiger charge is 2.36. The van der Waals surface area contributed by atoms with E-state index in [0.29, 0.717) is 25.7 Å². The fraction of sp³-hybridized carbons (Fsp3) is 0.375. The van der Waals surface area contributed by atoms with Crippen molar-refractivity contribution in [3.63, 3.8) is 0 Å². The maximum Gasteiger partial charge on any atom is 0.417 e. The molecule has 0 saturated carbocycles. The molecule has 3 rings (SSSR count). The lowest BCUT2D eigenvalue weighted by Gasteiger charge is -2.33. The summed E-state index contributed by atoms with van der Waals surface area (Å²) in [7, 11) is -4.02. The zero-order chi connectivity index (χ0) is 18.9. The summed E-state index contributed by atoms with van der Waals surface area (Å²) in [5.74, 6) is 0.772. The van der Waals surface area contributed by atoms with E-state index in [-0.39, 0.29) is 13.1 Å². The van der Waals surface area contributed by atoms with Gasteiger partial charge in [0.2, 0.25) is 10.0 Å². The molecule has 0 radical (unpaired) electrons. The second-order valence-corrected chi connectivity index (χ2v) is 8.24. The molecule has 1 aromatic heterocycles. The lowest BCUT2D eigenvalue weighted by Crippen LogP contribution is -2.48. The quantitative estimate of drug-likeness (QED) is 0.777. The summed E-state index contributed by atoms with van der Waals surface area (Å²) >= 11 is 5.56. The molecule has 5 nitrogen and oxygen atoms in total. The number of halogens is 4. The van der Waals surface area contributed by atoms with Gasteiger partial charge in [-0.25, -0.2) is 8.42 Å². The van der Waals surface area contributed by atoms with Gasteiger partial charge >= 0.3 is 6.18 Å². The molecule has 0 aliphatic carbocycles. The number of hydrogen-bond donors (Lipinski definition) is 0. The van der Waals surface area contributed by atoms with Gasteiger partial charge in [-0.15, -0.1) is 0 Å². The van der Waals surface area contributed by atoms with Crippen molar-refractivity contribution in [1.29, 1.82) is 0 Å². The van der Waals surface area contributed by atoms with E-state index >= 15 is 0 Å². The number of sulfonamides is 1. The summed E-state index contributed by atoms with van der Waals surface area (Å²) in [6.45, 7) is 1.85. The summed E-state index contributed by atoms with van der Waals surface area (Å²) in [5.41, 5.74) is -1.16. The molecular weight excluding hydrogens is 393 g/mol. The van der Waals surface area contributed by atoms with Crippen LogP contribution in [0.1, 0.15) is 11.3 Å². The third-order valence-corrected chi connectivity index (χ3v) is 6.40. The third kappa shape index (κ3) is 4.06. The van der Waals surface area contributed by atoms with Crippen molar-refractivity contribution in [2.75, 3.05) is 26.2 Å². The molecule has 0 bridgehead atoms. The first-order chi connectivity index (χ1) is 12.2. The molecule has 0 atom stereocenters. The zero-order valence-electron chi connectivity index (χ0n) is 13.5. The van der Waals surface area contributed by atoms with Crippen LogP contribution in [-0.2, 0) is 22.7 Å².